The van der Waals surface area contributed by atoms with Crippen molar-refractivity contribution >= 4 is 12.1 Å². The molecular formula is C13H20N2O5. The number of nitrogens with one attached hydrogen (secondary N) is 2. The molecule has 0 radical (unpaired) electrons. The fourth-order valence-electron chi connectivity index (χ4n) is 1.37. The first-order valence-electron chi connectivity index (χ1n) is 6.27. The van der Waals surface area contributed by atoms with Gasteiger partial charge in [-0.2, -0.15) is 0 Å². The molecule has 0 saturated carbocycles. The highest BCUT2D eigenvalue weighted by Gasteiger charge is 2.15. The largest absolute Gasteiger partial charge is 0.475 e. The van der Waals surface area contributed by atoms with Gasteiger partial charge in [-0.05, 0) is 32.9 Å². The second-order valence-electron chi connectivity index (χ2n) is 5.18. The number of carbonyl (C=O) groups is 2. The third-order valence-corrected chi connectivity index (χ3v) is 2.14. The zero-order chi connectivity index (χ0) is 15.2. The van der Waals surface area contributed by atoms with Crippen LogP contribution in [0.25, 0.3) is 0 Å². The predicted molar refractivity (Wildman–Crippen MR) is 71.6 cm³/mol. The van der Waals surface area contributed by atoms with E-state index in [1.807, 2.05) is 0 Å². The number of carbonyl (C=O) groups excluding carboxylic acids is 1. The van der Waals surface area contributed by atoms with Crippen LogP contribution in [0.15, 0.2) is 16.5 Å². The third kappa shape index (κ3) is 6.24. The Kier molecular flexibility index (Phi) is 5.57. The van der Waals surface area contributed by atoms with Crippen LogP contribution in [-0.2, 0) is 11.3 Å². The first kappa shape index (κ1) is 16.0. The minimum absolute atomic E-state index is 0.0892. The van der Waals surface area contributed by atoms with Gasteiger partial charge < -0.3 is 24.9 Å². The minimum atomic E-state index is -1.09. The summed E-state index contributed by atoms with van der Waals surface area (Å²) >= 11 is 0. The van der Waals surface area contributed by atoms with E-state index in [1.165, 1.54) is 6.07 Å². The molecule has 0 aliphatic rings. The number of hydrogen-bond acceptors (Lipinski definition) is 5. The Hall–Kier alpha value is -2.02. The molecule has 0 bridgehead atoms. The van der Waals surface area contributed by atoms with Gasteiger partial charge in [0.15, 0.2) is 0 Å². The van der Waals surface area contributed by atoms with Crippen molar-refractivity contribution in [2.45, 2.75) is 32.9 Å². The van der Waals surface area contributed by atoms with E-state index in [9.17, 15) is 9.59 Å². The number of hydrogen-bond donors (Lipinski definition) is 3. The summed E-state index contributed by atoms with van der Waals surface area (Å²) < 4.78 is 10.1. The van der Waals surface area contributed by atoms with Crippen molar-refractivity contribution < 1.29 is 23.8 Å². The van der Waals surface area contributed by atoms with Crippen LogP contribution in [0.2, 0.25) is 0 Å². The molecule has 1 aromatic rings. The molecule has 1 amide bonds. The average molecular weight is 284 g/mol. The van der Waals surface area contributed by atoms with Crippen LogP contribution in [0.3, 0.4) is 0 Å². The summed E-state index contributed by atoms with van der Waals surface area (Å²) in [6.45, 7) is 6.69. The van der Waals surface area contributed by atoms with E-state index >= 15 is 0 Å². The fourth-order valence-corrected chi connectivity index (χ4v) is 1.37. The highest BCUT2D eigenvalue weighted by atomic mass is 16.6. The lowest BCUT2D eigenvalue weighted by Crippen LogP contribution is -2.36. The third-order valence-electron chi connectivity index (χ3n) is 2.14. The van der Waals surface area contributed by atoms with Crippen LogP contribution < -0.4 is 10.6 Å². The van der Waals surface area contributed by atoms with E-state index in [4.69, 9.17) is 14.3 Å². The number of carboxylic acid groups (broad SMARTS) is 1. The molecule has 0 saturated heterocycles. The number of ether oxygens (including phenoxy) is 1. The van der Waals surface area contributed by atoms with Crippen molar-refractivity contribution in [2.24, 2.45) is 0 Å². The second kappa shape index (κ2) is 6.95. The highest BCUT2D eigenvalue weighted by molar-refractivity contribution is 5.84. The maximum atomic E-state index is 11.3. The van der Waals surface area contributed by atoms with Gasteiger partial charge in [0.25, 0.3) is 0 Å². The van der Waals surface area contributed by atoms with Gasteiger partial charge in [0.1, 0.15) is 11.4 Å². The average Bonchev–Trinajstić information content (AvgIpc) is 2.75. The minimum Gasteiger partial charge on any atom is -0.475 e. The topological polar surface area (TPSA) is 101 Å². The molecular weight excluding hydrogens is 264 g/mol. The zero-order valence-corrected chi connectivity index (χ0v) is 11.9. The Morgan fingerprint density at radius 2 is 2.00 bits per heavy atom. The molecule has 0 aliphatic heterocycles. The Morgan fingerprint density at radius 1 is 1.30 bits per heavy atom. The lowest BCUT2D eigenvalue weighted by atomic mass is 10.2. The predicted octanol–water partition coefficient (Wildman–Crippen LogP) is 1.59. The van der Waals surface area contributed by atoms with Crippen LogP contribution in [0.1, 0.15) is 37.1 Å². The van der Waals surface area contributed by atoms with Gasteiger partial charge in [-0.25, -0.2) is 9.59 Å². The van der Waals surface area contributed by atoms with Gasteiger partial charge in [0.2, 0.25) is 5.76 Å². The molecule has 1 rings (SSSR count). The molecule has 0 aromatic carbocycles. The van der Waals surface area contributed by atoms with Gasteiger partial charge in [0, 0.05) is 13.1 Å². The van der Waals surface area contributed by atoms with Gasteiger partial charge >= 0.3 is 12.1 Å². The van der Waals surface area contributed by atoms with E-state index in [0.29, 0.717) is 25.4 Å². The summed E-state index contributed by atoms with van der Waals surface area (Å²) in [5, 5.41) is 14.3. The summed E-state index contributed by atoms with van der Waals surface area (Å²) in [7, 11) is 0. The first-order chi connectivity index (χ1) is 9.28. The number of carboxylic acids is 1. The van der Waals surface area contributed by atoms with Crippen LogP contribution in [0.5, 0.6) is 0 Å². The lowest BCUT2D eigenvalue weighted by Gasteiger charge is -2.19. The van der Waals surface area contributed by atoms with Crippen molar-refractivity contribution in [3.8, 4) is 0 Å². The van der Waals surface area contributed by atoms with E-state index in [1.54, 1.807) is 26.8 Å². The fraction of sp³-hybridized carbons (Fsp3) is 0.538. The summed E-state index contributed by atoms with van der Waals surface area (Å²) in [5.41, 5.74) is -0.515. The van der Waals surface area contributed by atoms with Crippen LogP contribution in [0.4, 0.5) is 4.79 Å². The van der Waals surface area contributed by atoms with Gasteiger partial charge in [-0.3, -0.25) is 0 Å². The normalized spacial score (nSPS) is 11.2. The van der Waals surface area contributed by atoms with Crippen molar-refractivity contribution in [1.29, 1.82) is 0 Å². The van der Waals surface area contributed by atoms with E-state index in [0.717, 1.165) is 0 Å². The standard InChI is InChI=1S/C13H20N2O5/c1-13(2,3)20-12(18)15-7-6-14-8-9-4-5-10(19-9)11(16)17/h4-5,14H,6-8H2,1-3H3,(H,15,18)(H,16,17). The molecule has 1 heterocycles. The molecule has 0 spiro atoms. The monoisotopic (exact) mass is 284 g/mol. The van der Waals surface area contributed by atoms with Crippen molar-refractivity contribution in [3.05, 3.63) is 23.7 Å². The van der Waals surface area contributed by atoms with E-state index < -0.39 is 17.7 Å². The Bertz CT molecular complexity index is 462. The van der Waals surface area contributed by atoms with Crippen LogP contribution in [0, 0.1) is 0 Å². The van der Waals surface area contributed by atoms with Gasteiger partial charge in [0.05, 0.1) is 6.54 Å². The lowest BCUT2D eigenvalue weighted by molar-refractivity contribution is 0.0527. The Morgan fingerprint density at radius 3 is 2.55 bits per heavy atom. The highest BCUT2D eigenvalue weighted by Crippen LogP contribution is 2.07. The first-order valence-corrected chi connectivity index (χ1v) is 6.27. The number of aromatic carboxylic acids is 1. The summed E-state index contributed by atoms with van der Waals surface area (Å²) in [4.78, 5) is 21.9. The molecule has 0 fully saturated rings. The SMILES string of the molecule is CC(C)(C)OC(=O)NCCNCc1ccc(C(=O)O)o1. The molecule has 7 nitrogen and oxygen atoms in total. The maximum Gasteiger partial charge on any atom is 0.407 e. The molecule has 7 heteroatoms. The summed E-state index contributed by atoms with van der Waals surface area (Å²) in [5.74, 6) is -0.656. The number of alkyl carbamates (subject to hydrolysis) is 1. The molecule has 20 heavy (non-hydrogen) atoms. The van der Waals surface area contributed by atoms with Gasteiger partial charge in [-0.15, -0.1) is 0 Å². The molecule has 0 atom stereocenters. The quantitative estimate of drug-likeness (QED) is 0.686. The molecule has 0 unspecified atom stereocenters. The summed E-state index contributed by atoms with van der Waals surface area (Å²) in [6.07, 6.45) is -0.467. The summed E-state index contributed by atoms with van der Waals surface area (Å²) in [6, 6.07) is 3.00. The van der Waals surface area contributed by atoms with Crippen molar-refractivity contribution in [1.82, 2.24) is 10.6 Å². The van der Waals surface area contributed by atoms with Crippen LogP contribution >= 0.6 is 0 Å². The zero-order valence-electron chi connectivity index (χ0n) is 11.9. The van der Waals surface area contributed by atoms with Gasteiger partial charge in [-0.1, -0.05) is 0 Å². The smallest absolute Gasteiger partial charge is 0.407 e. The maximum absolute atomic E-state index is 11.3. The van der Waals surface area contributed by atoms with E-state index in [-0.39, 0.29) is 5.76 Å². The van der Waals surface area contributed by atoms with Crippen molar-refractivity contribution in [2.75, 3.05) is 13.1 Å². The second-order valence-corrected chi connectivity index (χ2v) is 5.18. The Balaban J connectivity index is 2.16. The van der Waals surface area contributed by atoms with Crippen LogP contribution in [-0.4, -0.2) is 35.9 Å². The molecule has 0 aliphatic carbocycles. The van der Waals surface area contributed by atoms with E-state index in [2.05, 4.69) is 10.6 Å². The molecule has 3 N–H and O–H groups in total. The number of amides is 1. The molecule has 112 valence electrons. The Labute approximate surface area is 117 Å². The van der Waals surface area contributed by atoms with Crippen molar-refractivity contribution in [3.63, 3.8) is 0 Å². The number of furan rings is 1. The molecule has 1 aromatic heterocycles. The number of rotatable bonds is 6.